The molecule has 0 atom stereocenters. The van der Waals surface area contributed by atoms with Gasteiger partial charge in [0.05, 0.1) is 10.5 Å². The number of aromatic amines is 1. The van der Waals surface area contributed by atoms with E-state index in [1.54, 1.807) is 12.1 Å². The van der Waals surface area contributed by atoms with Crippen LogP contribution in [0.1, 0.15) is 11.3 Å². The number of H-pyrrole nitrogens is 1. The Morgan fingerprint density at radius 1 is 1.08 bits per heavy atom. The standard InChI is InChI=1S/C18H15N3O3S/c1-19-25(23,24)13-6-7-17-14(10-13)15(18(22)21-17)9-12-8-11-4-2-3-5-16(11)20-12/h2-10,19-20H,1H3,(H,21,22). The zero-order valence-corrected chi connectivity index (χ0v) is 14.1. The number of rotatable bonds is 3. The molecule has 7 heteroatoms. The number of nitrogens with one attached hydrogen (secondary N) is 3. The smallest absolute Gasteiger partial charge is 0.256 e. The molecule has 1 aliphatic heterocycles. The lowest BCUT2D eigenvalue weighted by Crippen LogP contribution is -2.18. The highest BCUT2D eigenvalue weighted by Crippen LogP contribution is 2.35. The van der Waals surface area contributed by atoms with Crippen LogP contribution in [-0.2, 0) is 14.8 Å². The van der Waals surface area contributed by atoms with Crippen molar-refractivity contribution in [3.63, 3.8) is 0 Å². The lowest BCUT2D eigenvalue weighted by atomic mass is 10.1. The van der Waals surface area contributed by atoms with E-state index in [0.717, 1.165) is 16.6 Å². The number of hydrogen-bond donors (Lipinski definition) is 3. The summed E-state index contributed by atoms with van der Waals surface area (Å²) in [6, 6.07) is 14.3. The third-order valence-electron chi connectivity index (χ3n) is 4.20. The van der Waals surface area contributed by atoms with Gasteiger partial charge >= 0.3 is 0 Å². The van der Waals surface area contributed by atoms with E-state index >= 15 is 0 Å². The van der Waals surface area contributed by atoms with Crippen molar-refractivity contribution in [3.8, 4) is 0 Å². The average Bonchev–Trinajstić information content (AvgIpc) is 3.15. The Hall–Kier alpha value is -2.90. The van der Waals surface area contributed by atoms with Crippen LogP contribution in [-0.4, -0.2) is 26.4 Å². The van der Waals surface area contributed by atoms with Gasteiger partial charge in [0.2, 0.25) is 10.0 Å². The van der Waals surface area contributed by atoms with Crippen LogP contribution in [0.15, 0.2) is 53.4 Å². The molecule has 4 rings (SSSR count). The molecule has 0 radical (unpaired) electrons. The molecule has 2 heterocycles. The van der Waals surface area contributed by atoms with Gasteiger partial charge < -0.3 is 10.3 Å². The van der Waals surface area contributed by atoms with Crippen molar-refractivity contribution >= 4 is 44.2 Å². The van der Waals surface area contributed by atoms with E-state index in [1.165, 1.54) is 19.2 Å². The Morgan fingerprint density at radius 2 is 1.88 bits per heavy atom. The van der Waals surface area contributed by atoms with E-state index in [1.807, 2.05) is 30.3 Å². The lowest BCUT2D eigenvalue weighted by molar-refractivity contribution is -0.110. The van der Waals surface area contributed by atoms with Crippen molar-refractivity contribution in [3.05, 3.63) is 59.8 Å². The third kappa shape index (κ3) is 2.63. The normalized spacial score (nSPS) is 15.6. The lowest BCUT2D eigenvalue weighted by Gasteiger charge is -2.05. The van der Waals surface area contributed by atoms with E-state index < -0.39 is 10.0 Å². The first-order valence-electron chi connectivity index (χ1n) is 7.67. The molecular weight excluding hydrogens is 338 g/mol. The number of benzene rings is 2. The van der Waals surface area contributed by atoms with Gasteiger partial charge in [0.15, 0.2) is 0 Å². The molecule has 0 saturated heterocycles. The van der Waals surface area contributed by atoms with Crippen LogP contribution in [0.25, 0.3) is 22.6 Å². The minimum absolute atomic E-state index is 0.118. The number of anilines is 1. The Morgan fingerprint density at radius 3 is 2.64 bits per heavy atom. The predicted molar refractivity (Wildman–Crippen MR) is 97.5 cm³/mol. The molecule has 1 aromatic heterocycles. The summed E-state index contributed by atoms with van der Waals surface area (Å²) in [6.07, 6.45) is 1.73. The number of fused-ring (bicyclic) bond motifs is 2. The molecule has 3 N–H and O–H groups in total. The Bertz CT molecular complexity index is 1110. The number of hydrogen-bond acceptors (Lipinski definition) is 3. The number of sulfonamides is 1. The van der Waals surface area contributed by atoms with Crippen molar-refractivity contribution < 1.29 is 13.2 Å². The fourth-order valence-corrected chi connectivity index (χ4v) is 3.68. The second kappa shape index (κ2) is 5.58. The second-order valence-electron chi connectivity index (χ2n) is 5.74. The van der Waals surface area contributed by atoms with E-state index in [2.05, 4.69) is 15.0 Å². The predicted octanol–water partition coefficient (Wildman–Crippen LogP) is 2.57. The quantitative estimate of drug-likeness (QED) is 0.632. The average molecular weight is 353 g/mol. The molecule has 2 aromatic carbocycles. The highest BCUT2D eigenvalue weighted by Gasteiger charge is 2.26. The first kappa shape index (κ1) is 15.6. The zero-order chi connectivity index (χ0) is 17.6. The van der Waals surface area contributed by atoms with E-state index in [0.29, 0.717) is 16.8 Å². The second-order valence-corrected chi connectivity index (χ2v) is 7.63. The van der Waals surface area contributed by atoms with Gasteiger partial charge in [-0.2, -0.15) is 0 Å². The fraction of sp³-hybridized carbons (Fsp3) is 0.0556. The summed E-state index contributed by atoms with van der Waals surface area (Å²) in [4.78, 5) is 15.7. The van der Waals surface area contributed by atoms with Gasteiger partial charge in [0.25, 0.3) is 5.91 Å². The summed E-state index contributed by atoms with van der Waals surface area (Å²) in [5, 5.41) is 3.80. The first-order valence-corrected chi connectivity index (χ1v) is 9.15. The number of carbonyl (C=O) groups excluding carboxylic acids is 1. The summed E-state index contributed by atoms with van der Waals surface area (Å²) < 4.78 is 26.3. The molecule has 0 bridgehead atoms. The van der Waals surface area contributed by atoms with Gasteiger partial charge in [-0.1, -0.05) is 18.2 Å². The van der Waals surface area contributed by atoms with Gasteiger partial charge in [-0.3, -0.25) is 4.79 Å². The largest absolute Gasteiger partial charge is 0.355 e. The highest BCUT2D eigenvalue weighted by molar-refractivity contribution is 7.89. The number of para-hydroxylation sites is 1. The molecular formula is C18H15N3O3S. The molecule has 3 aromatic rings. The summed E-state index contributed by atoms with van der Waals surface area (Å²) in [6.45, 7) is 0. The molecule has 0 saturated carbocycles. The molecule has 0 unspecified atom stereocenters. The Balaban J connectivity index is 1.84. The van der Waals surface area contributed by atoms with Crippen LogP contribution in [0, 0.1) is 0 Å². The van der Waals surface area contributed by atoms with Crippen LogP contribution < -0.4 is 10.0 Å². The van der Waals surface area contributed by atoms with Gasteiger partial charge in [-0.05, 0) is 48.8 Å². The highest BCUT2D eigenvalue weighted by atomic mass is 32.2. The summed E-state index contributed by atoms with van der Waals surface area (Å²) in [5.74, 6) is -0.257. The molecule has 25 heavy (non-hydrogen) atoms. The number of aromatic nitrogens is 1. The third-order valence-corrected chi connectivity index (χ3v) is 5.62. The summed E-state index contributed by atoms with van der Waals surface area (Å²) >= 11 is 0. The van der Waals surface area contributed by atoms with E-state index in [9.17, 15) is 13.2 Å². The molecule has 0 spiro atoms. The minimum atomic E-state index is -3.58. The SMILES string of the molecule is CNS(=O)(=O)c1ccc2c(c1)C(=Cc1cc3ccccc3[nH]1)C(=O)N2. The van der Waals surface area contributed by atoms with Gasteiger partial charge in [-0.15, -0.1) is 0 Å². The number of carbonyl (C=O) groups is 1. The monoisotopic (exact) mass is 353 g/mol. The summed E-state index contributed by atoms with van der Waals surface area (Å²) in [5.41, 5.74) is 3.35. The Labute approximate surface area is 144 Å². The first-order chi connectivity index (χ1) is 12.0. The molecule has 0 fully saturated rings. The topological polar surface area (TPSA) is 91.1 Å². The van der Waals surface area contributed by atoms with Crippen molar-refractivity contribution in [2.45, 2.75) is 4.90 Å². The molecule has 0 aliphatic carbocycles. The van der Waals surface area contributed by atoms with Gasteiger partial charge in [-0.25, -0.2) is 13.1 Å². The maximum absolute atomic E-state index is 12.3. The molecule has 1 aliphatic rings. The maximum Gasteiger partial charge on any atom is 0.256 e. The molecule has 1 amide bonds. The van der Waals surface area contributed by atoms with E-state index in [-0.39, 0.29) is 10.8 Å². The maximum atomic E-state index is 12.3. The number of amides is 1. The van der Waals surface area contributed by atoms with Crippen molar-refractivity contribution in [1.82, 2.24) is 9.71 Å². The molecule has 126 valence electrons. The van der Waals surface area contributed by atoms with E-state index in [4.69, 9.17) is 0 Å². The molecule has 6 nitrogen and oxygen atoms in total. The van der Waals surface area contributed by atoms with Crippen molar-refractivity contribution in [2.75, 3.05) is 12.4 Å². The van der Waals surface area contributed by atoms with Crippen molar-refractivity contribution in [1.29, 1.82) is 0 Å². The minimum Gasteiger partial charge on any atom is -0.355 e. The van der Waals surface area contributed by atoms with Gasteiger partial charge in [0, 0.05) is 22.5 Å². The Kier molecular flexibility index (Phi) is 3.48. The van der Waals surface area contributed by atoms with Crippen LogP contribution in [0.5, 0.6) is 0 Å². The fourth-order valence-electron chi connectivity index (χ4n) is 2.92. The zero-order valence-electron chi connectivity index (χ0n) is 13.3. The van der Waals surface area contributed by atoms with Crippen LogP contribution >= 0.6 is 0 Å². The summed E-state index contributed by atoms with van der Waals surface area (Å²) in [7, 11) is -2.22. The van der Waals surface area contributed by atoms with Crippen LogP contribution in [0.3, 0.4) is 0 Å². The van der Waals surface area contributed by atoms with Crippen molar-refractivity contribution in [2.24, 2.45) is 0 Å². The van der Waals surface area contributed by atoms with Crippen LogP contribution in [0.4, 0.5) is 5.69 Å². The van der Waals surface area contributed by atoms with Gasteiger partial charge in [0.1, 0.15) is 0 Å². The van der Waals surface area contributed by atoms with Crippen LogP contribution in [0.2, 0.25) is 0 Å².